The molecule has 0 spiro atoms. The molecular weight excluding hydrogens is 346 g/mol. The molecule has 3 rings (SSSR count). The molecule has 1 N–H and O–H groups in total. The lowest BCUT2D eigenvalue weighted by molar-refractivity contribution is -0.123. The van der Waals surface area contributed by atoms with E-state index in [1.54, 1.807) is 11.1 Å². The molecule has 1 aliphatic heterocycles. The van der Waals surface area contributed by atoms with E-state index in [1.165, 1.54) is 0 Å². The van der Waals surface area contributed by atoms with Gasteiger partial charge >= 0.3 is 6.09 Å². The van der Waals surface area contributed by atoms with Crippen LogP contribution in [0.2, 0.25) is 0 Å². The van der Waals surface area contributed by atoms with Gasteiger partial charge in [-0.1, -0.05) is 36.4 Å². The maximum Gasteiger partial charge on any atom is 0.410 e. The summed E-state index contributed by atoms with van der Waals surface area (Å²) in [5, 5.41) is 2.83. The summed E-state index contributed by atoms with van der Waals surface area (Å²) in [6.07, 6.45) is 1.42. The molecule has 27 heavy (non-hydrogen) atoms. The van der Waals surface area contributed by atoms with Crippen molar-refractivity contribution in [1.82, 2.24) is 15.2 Å². The van der Waals surface area contributed by atoms with Gasteiger partial charge in [-0.25, -0.2) is 4.79 Å². The normalized spacial score (nSPS) is 16.6. The van der Waals surface area contributed by atoms with Gasteiger partial charge in [-0.3, -0.25) is 9.78 Å². The Morgan fingerprint density at radius 3 is 2.78 bits per heavy atom. The van der Waals surface area contributed by atoms with E-state index in [1.807, 2.05) is 48.5 Å². The molecule has 0 bridgehead atoms. The van der Waals surface area contributed by atoms with Crippen molar-refractivity contribution in [3.63, 3.8) is 0 Å². The van der Waals surface area contributed by atoms with Crippen molar-refractivity contribution >= 4 is 12.0 Å². The van der Waals surface area contributed by atoms with Gasteiger partial charge in [0, 0.05) is 19.2 Å². The second kappa shape index (κ2) is 9.68. The van der Waals surface area contributed by atoms with Crippen LogP contribution in [-0.2, 0) is 27.4 Å². The summed E-state index contributed by atoms with van der Waals surface area (Å²) in [6.45, 7) is 1.72. The summed E-state index contributed by atoms with van der Waals surface area (Å²) in [4.78, 5) is 30.5. The smallest absolute Gasteiger partial charge is 0.410 e. The average Bonchev–Trinajstić information content (AvgIpc) is 2.72. The van der Waals surface area contributed by atoms with Gasteiger partial charge in [0.1, 0.15) is 6.61 Å². The third kappa shape index (κ3) is 5.79. The minimum absolute atomic E-state index is 0.156. The van der Waals surface area contributed by atoms with Crippen molar-refractivity contribution in [2.45, 2.75) is 25.6 Å². The van der Waals surface area contributed by atoms with E-state index in [0.717, 1.165) is 11.3 Å². The fourth-order valence-electron chi connectivity index (χ4n) is 2.84. The minimum atomic E-state index is -0.426. The van der Waals surface area contributed by atoms with Gasteiger partial charge in [0.2, 0.25) is 5.91 Å². The molecule has 2 aromatic rings. The van der Waals surface area contributed by atoms with Crippen LogP contribution in [0.3, 0.4) is 0 Å². The van der Waals surface area contributed by atoms with Gasteiger partial charge in [0.25, 0.3) is 0 Å². The molecular formula is C20H23N3O4. The SMILES string of the molecule is O=C(CC1COCCN1C(=O)OCc1ccccc1)NCc1ccccn1. The van der Waals surface area contributed by atoms with Gasteiger partial charge in [0.15, 0.2) is 0 Å². The zero-order valence-electron chi connectivity index (χ0n) is 15.0. The highest BCUT2D eigenvalue weighted by atomic mass is 16.6. The summed E-state index contributed by atoms with van der Waals surface area (Å²) in [5.41, 5.74) is 1.70. The Labute approximate surface area is 158 Å². The Balaban J connectivity index is 1.50. The van der Waals surface area contributed by atoms with Crippen LogP contribution in [-0.4, -0.2) is 47.7 Å². The zero-order chi connectivity index (χ0) is 18.9. The van der Waals surface area contributed by atoms with Crippen LogP contribution < -0.4 is 5.32 Å². The highest BCUT2D eigenvalue weighted by Crippen LogP contribution is 2.13. The van der Waals surface area contributed by atoms with E-state index >= 15 is 0 Å². The summed E-state index contributed by atoms with van der Waals surface area (Å²) >= 11 is 0. The number of ether oxygens (including phenoxy) is 2. The predicted molar refractivity (Wildman–Crippen MR) is 98.6 cm³/mol. The van der Waals surface area contributed by atoms with Crippen LogP contribution in [0.1, 0.15) is 17.7 Å². The number of carbonyl (C=O) groups is 2. The Hall–Kier alpha value is -2.93. The Morgan fingerprint density at radius 1 is 1.19 bits per heavy atom. The van der Waals surface area contributed by atoms with Crippen molar-refractivity contribution in [1.29, 1.82) is 0 Å². The number of nitrogens with zero attached hydrogens (tertiary/aromatic N) is 2. The van der Waals surface area contributed by atoms with E-state index in [9.17, 15) is 9.59 Å². The van der Waals surface area contributed by atoms with Gasteiger partial charge in [-0.15, -0.1) is 0 Å². The van der Waals surface area contributed by atoms with Crippen LogP contribution >= 0.6 is 0 Å². The minimum Gasteiger partial charge on any atom is -0.445 e. The first kappa shape index (κ1) is 18.8. The molecule has 2 amide bonds. The van der Waals surface area contributed by atoms with Crippen LogP contribution in [0, 0.1) is 0 Å². The summed E-state index contributed by atoms with van der Waals surface area (Å²) in [6, 6.07) is 14.7. The summed E-state index contributed by atoms with van der Waals surface area (Å²) in [7, 11) is 0. The number of nitrogens with one attached hydrogen (secondary N) is 1. The average molecular weight is 369 g/mol. The van der Waals surface area contributed by atoms with Crippen LogP contribution in [0.5, 0.6) is 0 Å². The molecule has 142 valence electrons. The van der Waals surface area contributed by atoms with Crippen molar-refractivity contribution in [2.75, 3.05) is 19.8 Å². The molecule has 1 aliphatic rings. The van der Waals surface area contributed by atoms with E-state index in [0.29, 0.717) is 26.3 Å². The maximum absolute atomic E-state index is 12.4. The van der Waals surface area contributed by atoms with E-state index < -0.39 is 6.09 Å². The van der Waals surface area contributed by atoms with E-state index in [-0.39, 0.29) is 25.0 Å². The summed E-state index contributed by atoms with van der Waals surface area (Å²) in [5.74, 6) is -0.156. The lowest BCUT2D eigenvalue weighted by atomic mass is 10.1. The van der Waals surface area contributed by atoms with Crippen molar-refractivity contribution in [3.8, 4) is 0 Å². The first-order valence-corrected chi connectivity index (χ1v) is 8.94. The molecule has 1 aromatic carbocycles. The quantitative estimate of drug-likeness (QED) is 0.844. The molecule has 0 saturated carbocycles. The number of rotatable bonds is 6. The molecule has 1 saturated heterocycles. The van der Waals surface area contributed by atoms with Gasteiger partial charge in [0.05, 0.1) is 31.5 Å². The van der Waals surface area contributed by atoms with Gasteiger partial charge < -0.3 is 19.7 Å². The number of morpholine rings is 1. The first-order chi connectivity index (χ1) is 13.2. The number of pyridine rings is 1. The molecule has 7 nitrogen and oxygen atoms in total. The molecule has 1 fully saturated rings. The fourth-order valence-corrected chi connectivity index (χ4v) is 2.84. The number of amides is 2. The second-order valence-corrected chi connectivity index (χ2v) is 6.26. The lowest BCUT2D eigenvalue weighted by Crippen LogP contribution is -2.50. The molecule has 1 atom stereocenters. The first-order valence-electron chi connectivity index (χ1n) is 8.94. The van der Waals surface area contributed by atoms with Gasteiger partial charge in [-0.2, -0.15) is 0 Å². The predicted octanol–water partition coefficient (Wildman–Crippen LogP) is 2.13. The molecule has 1 aromatic heterocycles. The van der Waals surface area contributed by atoms with Crippen molar-refractivity contribution in [2.24, 2.45) is 0 Å². The van der Waals surface area contributed by atoms with Crippen LogP contribution in [0.15, 0.2) is 54.7 Å². The summed E-state index contributed by atoms with van der Waals surface area (Å²) < 4.78 is 10.8. The maximum atomic E-state index is 12.4. The van der Waals surface area contributed by atoms with Crippen molar-refractivity contribution < 1.29 is 19.1 Å². The molecule has 2 heterocycles. The van der Waals surface area contributed by atoms with Crippen LogP contribution in [0.4, 0.5) is 4.79 Å². The number of benzene rings is 1. The Morgan fingerprint density at radius 2 is 2.00 bits per heavy atom. The Kier molecular flexibility index (Phi) is 6.76. The largest absolute Gasteiger partial charge is 0.445 e. The molecule has 7 heteroatoms. The van der Waals surface area contributed by atoms with E-state index in [4.69, 9.17) is 9.47 Å². The fraction of sp³-hybridized carbons (Fsp3) is 0.350. The van der Waals surface area contributed by atoms with Crippen LogP contribution in [0.25, 0.3) is 0 Å². The third-order valence-electron chi connectivity index (χ3n) is 4.28. The molecule has 0 aliphatic carbocycles. The Bertz CT molecular complexity index is 739. The highest BCUT2D eigenvalue weighted by Gasteiger charge is 2.30. The molecule has 0 radical (unpaired) electrons. The topological polar surface area (TPSA) is 80.8 Å². The number of aromatic nitrogens is 1. The third-order valence-corrected chi connectivity index (χ3v) is 4.28. The standard InChI is InChI=1S/C20H23N3O4/c24-19(22-13-17-8-4-5-9-21-17)12-18-15-26-11-10-23(18)20(25)27-14-16-6-2-1-3-7-16/h1-9,18H,10-15H2,(H,22,24). The second-order valence-electron chi connectivity index (χ2n) is 6.26. The van der Waals surface area contributed by atoms with Gasteiger partial charge in [-0.05, 0) is 17.7 Å². The number of carbonyl (C=O) groups excluding carboxylic acids is 2. The lowest BCUT2D eigenvalue weighted by Gasteiger charge is -2.34. The number of hydrogen-bond acceptors (Lipinski definition) is 5. The van der Waals surface area contributed by atoms with E-state index in [2.05, 4.69) is 10.3 Å². The van der Waals surface area contributed by atoms with Crippen molar-refractivity contribution in [3.05, 3.63) is 66.0 Å². The molecule has 1 unspecified atom stereocenters. The highest BCUT2D eigenvalue weighted by molar-refractivity contribution is 5.77. The zero-order valence-corrected chi connectivity index (χ0v) is 15.0. The number of hydrogen-bond donors (Lipinski definition) is 1. The monoisotopic (exact) mass is 369 g/mol.